The summed E-state index contributed by atoms with van der Waals surface area (Å²) in [6.45, 7) is 12.7. The number of aliphatic hydroxyl groups excluding tert-OH is 1. The second kappa shape index (κ2) is 7.17. The lowest BCUT2D eigenvalue weighted by molar-refractivity contribution is 0.0593. The van der Waals surface area contributed by atoms with Gasteiger partial charge in [-0.15, -0.1) is 0 Å². The first-order valence-electron chi connectivity index (χ1n) is 5.20. The van der Waals surface area contributed by atoms with Crippen molar-refractivity contribution in [2.45, 2.75) is 0 Å². The van der Waals surface area contributed by atoms with Crippen LogP contribution in [0.25, 0.3) is 0 Å². The van der Waals surface area contributed by atoms with Crippen molar-refractivity contribution in [1.29, 1.82) is 0 Å². The molecule has 0 unspecified atom stereocenters. The van der Waals surface area contributed by atoms with Gasteiger partial charge in [0.1, 0.15) is 0 Å². The van der Waals surface area contributed by atoms with Gasteiger partial charge in [-0.05, 0) is 6.92 Å². The van der Waals surface area contributed by atoms with E-state index in [1.165, 1.54) is 0 Å². The summed E-state index contributed by atoms with van der Waals surface area (Å²) >= 11 is 0. The number of hydrogen-bond donors (Lipinski definition) is 1. The largest absolute Gasteiger partial charge is 0.394 e. The Morgan fingerprint density at radius 1 is 1.07 bits per heavy atom. The Balaban J connectivity index is 1.98. The molecule has 4 nitrogen and oxygen atoms in total. The topological polar surface area (TPSA) is 35.9 Å². The molecule has 1 fully saturated rings. The molecule has 14 heavy (non-hydrogen) atoms. The van der Waals surface area contributed by atoms with Crippen LogP contribution in [0.3, 0.4) is 0 Å². The van der Waals surface area contributed by atoms with E-state index in [0.29, 0.717) is 19.8 Å². The van der Waals surface area contributed by atoms with Gasteiger partial charge >= 0.3 is 0 Å². The minimum Gasteiger partial charge on any atom is -0.394 e. The molecule has 1 heterocycles. The van der Waals surface area contributed by atoms with Gasteiger partial charge in [-0.1, -0.05) is 0 Å². The Morgan fingerprint density at radius 2 is 1.71 bits per heavy atom. The fourth-order valence-electron chi connectivity index (χ4n) is 1.56. The third-order valence-electron chi connectivity index (χ3n) is 2.51. The maximum Gasteiger partial charge on any atom is 0.0698 e. The number of ether oxygens (including phenoxy) is 1. The summed E-state index contributed by atoms with van der Waals surface area (Å²) in [5.74, 6) is 0. The van der Waals surface area contributed by atoms with Crippen LogP contribution in [0, 0.1) is 6.92 Å². The summed E-state index contributed by atoms with van der Waals surface area (Å²) in [4.78, 5) is 4.61. The van der Waals surface area contributed by atoms with Crippen molar-refractivity contribution in [3.63, 3.8) is 0 Å². The first-order chi connectivity index (χ1) is 6.86. The molecule has 0 aromatic heterocycles. The van der Waals surface area contributed by atoms with E-state index in [4.69, 9.17) is 16.8 Å². The Kier molecular flexibility index (Phi) is 6.10. The van der Waals surface area contributed by atoms with Gasteiger partial charge in [-0.25, -0.2) is 0 Å². The molecule has 0 aromatic carbocycles. The number of piperazine rings is 1. The van der Waals surface area contributed by atoms with Gasteiger partial charge in [0, 0.05) is 39.3 Å². The van der Waals surface area contributed by atoms with Crippen molar-refractivity contribution in [2.24, 2.45) is 0 Å². The van der Waals surface area contributed by atoms with Crippen LogP contribution in [0.2, 0.25) is 0 Å². The lowest BCUT2D eigenvalue weighted by Crippen LogP contribution is -2.47. The predicted molar refractivity (Wildman–Crippen MR) is 55.1 cm³/mol. The van der Waals surface area contributed by atoms with Crippen LogP contribution in [0.1, 0.15) is 0 Å². The Bertz CT molecular complexity index is 136. The first-order valence-corrected chi connectivity index (χ1v) is 5.20. The van der Waals surface area contributed by atoms with Gasteiger partial charge in [0.05, 0.1) is 19.8 Å². The lowest BCUT2D eigenvalue weighted by Gasteiger charge is -2.33. The third kappa shape index (κ3) is 4.37. The molecular weight excluding hydrogens is 180 g/mol. The summed E-state index contributed by atoms with van der Waals surface area (Å²) in [6, 6.07) is 0. The molecule has 0 atom stereocenters. The zero-order valence-corrected chi connectivity index (χ0v) is 8.69. The monoisotopic (exact) mass is 200 g/mol. The standard InChI is InChI=1S/C10H20N2O2/c1-2-11-3-5-12(6-4-11)7-9-14-10-8-13/h1,13H,2-10H2. The van der Waals surface area contributed by atoms with Crippen LogP contribution in [-0.4, -0.2) is 74.0 Å². The van der Waals surface area contributed by atoms with Gasteiger partial charge in [0.15, 0.2) is 0 Å². The zero-order chi connectivity index (χ0) is 10.2. The van der Waals surface area contributed by atoms with Gasteiger partial charge in [-0.3, -0.25) is 4.90 Å². The predicted octanol–water partition coefficient (Wildman–Crippen LogP) is -0.676. The van der Waals surface area contributed by atoms with Crippen molar-refractivity contribution in [2.75, 3.05) is 59.1 Å². The Labute approximate surface area is 86.4 Å². The smallest absolute Gasteiger partial charge is 0.0698 e. The van der Waals surface area contributed by atoms with Gasteiger partial charge < -0.3 is 14.7 Å². The van der Waals surface area contributed by atoms with Crippen molar-refractivity contribution in [3.8, 4) is 0 Å². The molecule has 0 amide bonds. The fourth-order valence-corrected chi connectivity index (χ4v) is 1.56. The quantitative estimate of drug-likeness (QED) is 0.577. The molecule has 0 spiro atoms. The summed E-state index contributed by atoms with van der Waals surface area (Å²) in [5.41, 5.74) is 0. The zero-order valence-electron chi connectivity index (χ0n) is 8.69. The molecule has 1 rings (SSSR count). The lowest BCUT2D eigenvalue weighted by atomic mass is 10.3. The minimum absolute atomic E-state index is 0.112. The summed E-state index contributed by atoms with van der Waals surface area (Å²) in [5, 5.41) is 8.51. The molecule has 0 saturated carbocycles. The van der Waals surface area contributed by atoms with Crippen LogP contribution in [0.4, 0.5) is 0 Å². The molecule has 0 aliphatic carbocycles. The number of rotatable bonds is 6. The van der Waals surface area contributed by atoms with Crippen LogP contribution < -0.4 is 0 Å². The van der Waals surface area contributed by atoms with E-state index in [9.17, 15) is 0 Å². The average molecular weight is 200 g/mol. The second-order valence-corrected chi connectivity index (χ2v) is 3.48. The van der Waals surface area contributed by atoms with Crippen LogP contribution >= 0.6 is 0 Å². The maximum absolute atomic E-state index is 8.51. The molecule has 1 aliphatic heterocycles. The van der Waals surface area contributed by atoms with Crippen LogP contribution in [0.5, 0.6) is 0 Å². The fraction of sp³-hybridized carbons (Fsp3) is 0.900. The number of aliphatic hydroxyl groups is 1. The molecule has 82 valence electrons. The molecule has 1 N–H and O–H groups in total. The summed E-state index contributed by atoms with van der Waals surface area (Å²) < 4.78 is 5.21. The SMILES string of the molecule is [CH]CN1CCN(CCOCCO)CC1. The molecule has 1 saturated heterocycles. The van der Waals surface area contributed by atoms with Crippen molar-refractivity contribution in [3.05, 3.63) is 6.92 Å². The van der Waals surface area contributed by atoms with E-state index >= 15 is 0 Å². The molecule has 2 radical (unpaired) electrons. The Morgan fingerprint density at radius 3 is 2.29 bits per heavy atom. The van der Waals surface area contributed by atoms with E-state index in [1.807, 2.05) is 0 Å². The van der Waals surface area contributed by atoms with Crippen molar-refractivity contribution >= 4 is 0 Å². The molecule has 0 aromatic rings. The van der Waals surface area contributed by atoms with Crippen molar-refractivity contribution < 1.29 is 9.84 Å². The highest BCUT2D eigenvalue weighted by Gasteiger charge is 2.14. The molecular formula is C10H20N2O2. The molecule has 4 heteroatoms. The summed E-state index contributed by atoms with van der Waals surface area (Å²) in [7, 11) is 0. The summed E-state index contributed by atoms with van der Waals surface area (Å²) in [6.07, 6.45) is 0. The van der Waals surface area contributed by atoms with Gasteiger partial charge in [0.2, 0.25) is 0 Å². The minimum atomic E-state index is 0.112. The highest BCUT2D eigenvalue weighted by molar-refractivity contribution is 4.71. The number of nitrogens with zero attached hydrogens (tertiary/aromatic N) is 2. The van der Waals surface area contributed by atoms with Gasteiger partial charge in [-0.2, -0.15) is 0 Å². The normalized spacial score (nSPS) is 20.1. The van der Waals surface area contributed by atoms with Gasteiger partial charge in [0.25, 0.3) is 0 Å². The average Bonchev–Trinajstić information content (AvgIpc) is 2.25. The maximum atomic E-state index is 8.51. The van der Waals surface area contributed by atoms with Crippen molar-refractivity contribution in [1.82, 2.24) is 9.80 Å². The highest BCUT2D eigenvalue weighted by atomic mass is 16.5. The van der Waals surface area contributed by atoms with E-state index in [1.54, 1.807) is 0 Å². The molecule has 1 aliphatic rings. The first kappa shape index (κ1) is 11.9. The second-order valence-electron chi connectivity index (χ2n) is 3.48. The number of hydrogen-bond acceptors (Lipinski definition) is 4. The van der Waals surface area contributed by atoms with E-state index < -0.39 is 0 Å². The van der Waals surface area contributed by atoms with E-state index in [-0.39, 0.29) is 6.61 Å². The molecule has 0 bridgehead atoms. The Hall–Kier alpha value is -0.160. The third-order valence-corrected chi connectivity index (χ3v) is 2.51. The van der Waals surface area contributed by atoms with Crippen LogP contribution in [0.15, 0.2) is 0 Å². The van der Waals surface area contributed by atoms with Crippen LogP contribution in [-0.2, 0) is 4.74 Å². The van der Waals surface area contributed by atoms with E-state index in [2.05, 4.69) is 9.80 Å². The van der Waals surface area contributed by atoms with E-state index in [0.717, 1.165) is 32.7 Å². The highest BCUT2D eigenvalue weighted by Crippen LogP contribution is 2.00.